The van der Waals surface area contributed by atoms with Gasteiger partial charge in [0, 0.05) is 49.6 Å². The highest BCUT2D eigenvalue weighted by Crippen LogP contribution is 2.17. The quantitative estimate of drug-likeness (QED) is 0.750. The fourth-order valence-corrected chi connectivity index (χ4v) is 3.07. The Bertz CT molecular complexity index is 936. The molecule has 7 nitrogen and oxygen atoms in total. The van der Waals surface area contributed by atoms with Crippen LogP contribution in [-0.2, 0) is 19.5 Å². The van der Waals surface area contributed by atoms with E-state index < -0.39 is 0 Å². The first-order chi connectivity index (χ1) is 12.2. The Morgan fingerprint density at radius 3 is 2.68 bits per heavy atom. The first-order valence-corrected chi connectivity index (χ1v) is 8.15. The van der Waals surface area contributed by atoms with Gasteiger partial charge in [0.05, 0.1) is 11.3 Å². The molecule has 0 aliphatic carbocycles. The number of nitrogen functional groups attached to an aromatic ring is 1. The van der Waals surface area contributed by atoms with Crippen molar-refractivity contribution in [3.8, 4) is 11.4 Å². The maximum atomic E-state index is 12.1. The summed E-state index contributed by atoms with van der Waals surface area (Å²) in [5.41, 5.74) is 8.96. The molecule has 126 valence electrons. The highest BCUT2D eigenvalue weighted by Gasteiger charge is 2.21. The summed E-state index contributed by atoms with van der Waals surface area (Å²) in [6, 6.07) is 9.88. The van der Waals surface area contributed by atoms with Crippen molar-refractivity contribution in [1.29, 1.82) is 0 Å². The summed E-state index contributed by atoms with van der Waals surface area (Å²) in [7, 11) is 0. The van der Waals surface area contributed by atoms with Gasteiger partial charge in [-0.3, -0.25) is 14.7 Å². The highest BCUT2D eigenvalue weighted by atomic mass is 16.1. The molecule has 1 aliphatic rings. The Morgan fingerprint density at radius 2 is 1.92 bits per heavy atom. The molecule has 0 saturated heterocycles. The minimum Gasteiger partial charge on any atom is -0.369 e. The fraction of sp³-hybridized carbons (Fsp3) is 0.222. The van der Waals surface area contributed by atoms with E-state index in [9.17, 15) is 4.79 Å². The summed E-state index contributed by atoms with van der Waals surface area (Å²) < 4.78 is 0. The molecule has 3 N–H and O–H groups in total. The van der Waals surface area contributed by atoms with Crippen LogP contribution in [0.3, 0.4) is 0 Å². The molecule has 25 heavy (non-hydrogen) atoms. The lowest BCUT2D eigenvalue weighted by Crippen LogP contribution is -2.35. The molecular weight excluding hydrogens is 316 g/mol. The first kappa shape index (κ1) is 15.5. The van der Waals surface area contributed by atoms with Crippen LogP contribution in [0.2, 0.25) is 0 Å². The van der Waals surface area contributed by atoms with E-state index in [-0.39, 0.29) is 11.5 Å². The standard InChI is InChI=1S/C18H18N6O/c19-18-22-15-6-7-24(11-14(15)17(25)23-18)10-12-8-20-16(21-9-12)13-4-2-1-3-5-13/h1-5,8-9H,6-7,10-11H2,(H3,19,22,23,25). The second-order valence-corrected chi connectivity index (χ2v) is 6.12. The van der Waals surface area contributed by atoms with Gasteiger partial charge < -0.3 is 5.73 Å². The summed E-state index contributed by atoms with van der Waals surface area (Å²) in [5, 5.41) is 0. The number of nitrogens with one attached hydrogen (secondary N) is 1. The summed E-state index contributed by atoms with van der Waals surface area (Å²) in [6.45, 7) is 2.07. The third-order valence-corrected chi connectivity index (χ3v) is 4.31. The summed E-state index contributed by atoms with van der Waals surface area (Å²) in [5.74, 6) is 0.895. The average molecular weight is 334 g/mol. The van der Waals surface area contributed by atoms with E-state index in [2.05, 4.69) is 24.8 Å². The zero-order chi connectivity index (χ0) is 17.2. The van der Waals surface area contributed by atoms with Crippen LogP contribution in [0, 0.1) is 0 Å². The van der Waals surface area contributed by atoms with Gasteiger partial charge in [-0.1, -0.05) is 30.3 Å². The molecule has 0 atom stereocenters. The van der Waals surface area contributed by atoms with Gasteiger partial charge in [0.2, 0.25) is 5.95 Å². The molecular formula is C18H18N6O. The van der Waals surface area contributed by atoms with Gasteiger partial charge in [0.15, 0.2) is 5.82 Å². The van der Waals surface area contributed by atoms with E-state index in [4.69, 9.17) is 5.73 Å². The lowest BCUT2D eigenvalue weighted by atomic mass is 10.1. The minimum absolute atomic E-state index is 0.150. The van der Waals surface area contributed by atoms with E-state index in [1.165, 1.54) is 0 Å². The molecule has 2 aromatic heterocycles. The second kappa shape index (κ2) is 6.45. The van der Waals surface area contributed by atoms with Crippen molar-refractivity contribution in [2.75, 3.05) is 12.3 Å². The number of anilines is 1. The zero-order valence-corrected chi connectivity index (χ0v) is 13.6. The number of hydrogen-bond donors (Lipinski definition) is 2. The molecule has 1 aliphatic heterocycles. The largest absolute Gasteiger partial charge is 0.369 e. The maximum absolute atomic E-state index is 12.1. The smallest absolute Gasteiger partial charge is 0.257 e. The number of fused-ring (bicyclic) bond motifs is 1. The van der Waals surface area contributed by atoms with Gasteiger partial charge in [-0.05, 0) is 0 Å². The third kappa shape index (κ3) is 3.27. The predicted octanol–water partition coefficient (Wildman–Crippen LogP) is 1.37. The number of hydrogen-bond acceptors (Lipinski definition) is 6. The fourth-order valence-electron chi connectivity index (χ4n) is 3.07. The molecule has 0 fully saturated rings. The second-order valence-electron chi connectivity index (χ2n) is 6.12. The number of nitrogens with zero attached hydrogens (tertiary/aromatic N) is 4. The molecule has 3 heterocycles. The van der Waals surface area contributed by atoms with Gasteiger partial charge in [-0.25, -0.2) is 15.0 Å². The topological polar surface area (TPSA) is 101 Å². The van der Waals surface area contributed by atoms with Crippen molar-refractivity contribution in [3.63, 3.8) is 0 Å². The Labute approximate surface area is 144 Å². The van der Waals surface area contributed by atoms with Gasteiger partial charge in [0.25, 0.3) is 5.56 Å². The Balaban J connectivity index is 1.49. The average Bonchev–Trinajstić information content (AvgIpc) is 2.63. The summed E-state index contributed by atoms with van der Waals surface area (Å²) >= 11 is 0. The van der Waals surface area contributed by atoms with E-state index in [1.54, 1.807) is 0 Å². The van der Waals surface area contributed by atoms with Crippen molar-refractivity contribution in [3.05, 3.63) is 69.9 Å². The molecule has 0 bridgehead atoms. The van der Waals surface area contributed by atoms with Crippen LogP contribution in [0.15, 0.2) is 47.5 Å². The van der Waals surface area contributed by atoms with E-state index in [0.29, 0.717) is 30.9 Å². The molecule has 7 heteroatoms. The minimum atomic E-state index is -0.150. The van der Waals surface area contributed by atoms with Crippen LogP contribution in [0.5, 0.6) is 0 Å². The number of aromatic nitrogens is 4. The van der Waals surface area contributed by atoms with E-state index in [1.807, 2.05) is 42.7 Å². The summed E-state index contributed by atoms with van der Waals surface area (Å²) in [6.07, 6.45) is 4.40. The number of H-pyrrole nitrogens is 1. The van der Waals surface area contributed by atoms with Crippen molar-refractivity contribution >= 4 is 5.95 Å². The lowest BCUT2D eigenvalue weighted by molar-refractivity contribution is 0.241. The Kier molecular flexibility index (Phi) is 3.99. The SMILES string of the molecule is Nc1nc2c(c(=O)[nH]1)CN(Cc1cnc(-c3ccccc3)nc1)CC2. The number of nitrogens with two attached hydrogens (primary N) is 1. The van der Waals surface area contributed by atoms with Gasteiger partial charge in [-0.15, -0.1) is 0 Å². The molecule has 3 aromatic rings. The number of benzene rings is 1. The van der Waals surface area contributed by atoms with Crippen LogP contribution in [0.25, 0.3) is 11.4 Å². The van der Waals surface area contributed by atoms with Crippen LogP contribution < -0.4 is 11.3 Å². The number of aromatic amines is 1. The molecule has 0 radical (unpaired) electrons. The molecule has 0 spiro atoms. The van der Waals surface area contributed by atoms with Crippen molar-refractivity contribution < 1.29 is 0 Å². The predicted molar refractivity (Wildman–Crippen MR) is 94.6 cm³/mol. The van der Waals surface area contributed by atoms with E-state index >= 15 is 0 Å². The van der Waals surface area contributed by atoms with Crippen LogP contribution in [0.4, 0.5) is 5.95 Å². The maximum Gasteiger partial charge on any atom is 0.257 e. The molecule has 0 amide bonds. The van der Waals surface area contributed by atoms with Crippen molar-refractivity contribution in [2.45, 2.75) is 19.5 Å². The Hall–Kier alpha value is -3.06. The zero-order valence-electron chi connectivity index (χ0n) is 13.6. The molecule has 0 unspecified atom stereocenters. The van der Waals surface area contributed by atoms with Crippen LogP contribution in [0.1, 0.15) is 16.8 Å². The molecule has 1 aromatic carbocycles. The van der Waals surface area contributed by atoms with Crippen molar-refractivity contribution in [2.24, 2.45) is 0 Å². The van der Waals surface area contributed by atoms with Crippen LogP contribution >= 0.6 is 0 Å². The first-order valence-electron chi connectivity index (χ1n) is 8.15. The van der Waals surface area contributed by atoms with Gasteiger partial charge in [0.1, 0.15) is 0 Å². The number of rotatable bonds is 3. The third-order valence-electron chi connectivity index (χ3n) is 4.31. The summed E-state index contributed by atoms with van der Waals surface area (Å²) in [4.78, 5) is 30.0. The van der Waals surface area contributed by atoms with Gasteiger partial charge in [-0.2, -0.15) is 0 Å². The Morgan fingerprint density at radius 1 is 1.16 bits per heavy atom. The van der Waals surface area contributed by atoms with Gasteiger partial charge >= 0.3 is 0 Å². The normalized spacial score (nSPS) is 14.2. The van der Waals surface area contributed by atoms with E-state index in [0.717, 1.165) is 23.4 Å². The monoisotopic (exact) mass is 334 g/mol. The highest BCUT2D eigenvalue weighted by molar-refractivity contribution is 5.53. The molecule has 0 saturated carbocycles. The van der Waals surface area contributed by atoms with Crippen LogP contribution in [-0.4, -0.2) is 31.4 Å². The van der Waals surface area contributed by atoms with Crippen molar-refractivity contribution in [1.82, 2.24) is 24.8 Å². The molecule has 4 rings (SSSR count). The lowest BCUT2D eigenvalue weighted by Gasteiger charge is -2.27.